The van der Waals surface area contributed by atoms with Gasteiger partial charge in [0.05, 0.1) is 0 Å². The van der Waals surface area contributed by atoms with Crippen molar-refractivity contribution in [3.63, 3.8) is 0 Å². The molecule has 0 saturated carbocycles. The lowest BCUT2D eigenvalue weighted by Gasteiger charge is -2.27. The van der Waals surface area contributed by atoms with E-state index in [0.29, 0.717) is 0 Å². The van der Waals surface area contributed by atoms with Gasteiger partial charge in [-0.15, -0.1) is 0 Å². The predicted molar refractivity (Wildman–Crippen MR) is 57.7 cm³/mol. The molecule has 0 N–H and O–H groups in total. The van der Waals surface area contributed by atoms with Crippen LogP contribution < -0.4 is 0 Å². The van der Waals surface area contributed by atoms with E-state index in [1.807, 2.05) is 0 Å². The molecule has 0 spiro atoms. The molecule has 73 valence electrons. The fourth-order valence-electron chi connectivity index (χ4n) is 1.45. The van der Waals surface area contributed by atoms with Crippen molar-refractivity contribution in [1.82, 2.24) is 0 Å². The highest BCUT2D eigenvalue weighted by Crippen LogP contribution is 2.21. The van der Waals surface area contributed by atoms with E-state index >= 15 is 0 Å². The first-order valence-electron chi connectivity index (χ1n) is 5.17. The van der Waals surface area contributed by atoms with Gasteiger partial charge in [-0.3, -0.25) is 0 Å². The summed E-state index contributed by atoms with van der Waals surface area (Å²) >= 11 is 0. The summed E-state index contributed by atoms with van der Waals surface area (Å²) in [6.45, 7) is 11.6. The zero-order valence-corrected chi connectivity index (χ0v) is 9.86. The van der Waals surface area contributed by atoms with Crippen LogP contribution >= 0.6 is 0 Å². The molecule has 0 aromatic heterocycles. The average Bonchev–Trinajstić information content (AvgIpc) is 2.14. The van der Waals surface area contributed by atoms with E-state index in [1.165, 1.54) is 18.1 Å². The number of hydrogen-bond acceptors (Lipinski definition) is 1. The molecule has 12 heavy (non-hydrogen) atoms. The van der Waals surface area contributed by atoms with Crippen molar-refractivity contribution in [1.29, 1.82) is 0 Å². The lowest BCUT2D eigenvalue weighted by molar-refractivity contribution is 0.294. The molecule has 0 heterocycles. The highest BCUT2D eigenvalue weighted by atomic mass is 28.4. The molecule has 0 aliphatic carbocycles. The molecule has 0 aromatic rings. The lowest BCUT2D eigenvalue weighted by atomic mass is 10.4. The van der Waals surface area contributed by atoms with Crippen LogP contribution in [0.5, 0.6) is 0 Å². The van der Waals surface area contributed by atoms with Crippen molar-refractivity contribution in [2.45, 2.75) is 51.7 Å². The minimum atomic E-state index is -1.28. The predicted octanol–water partition coefficient (Wildman–Crippen LogP) is 3.62. The Bertz CT molecular complexity index is 91.7. The third kappa shape index (κ3) is 3.72. The molecule has 0 aromatic carbocycles. The summed E-state index contributed by atoms with van der Waals surface area (Å²) in [7, 11) is -1.28. The maximum atomic E-state index is 6.02. The van der Waals surface area contributed by atoms with E-state index in [2.05, 4.69) is 27.7 Å². The number of rotatable bonds is 7. The quantitative estimate of drug-likeness (QED) is 0.437. The topological polar surface area (TPSA) is 9.23 Å². The van der Waals surface area contributed by atoms with Gasteiger partial charge in [-0.05, 0) is 24.6 Å². The van der Waals surface area contributed by atoms with Gasteiger partial charge in [-0.25, -0.2) is 0 Å². The summed E-state index contributed by atoms with van der Waals surface area (Å²) in [5.41, 5.74) is 0. The van der Waals surface area contributed by atoms with E-state index in [4.69, 9.17) is 4.43 Å². The van der Waals surface area contributed by atoms with Crippen LogP contribution in [0.4, 0.5) is 0 Å². The van der Waals surface area contributed by atoms with E-state index in [-0.39, 0.29) is 0 Å². The van der Waals surface area contributed by atoms with Gasteiger partial charge >= 0.3 is 0 Å². The van der Waals surface area contributed by atoms with Crippen molar-refractivity contribution in [3.8, 4) is 0 Å². The highest BCUT2D eigenvalue weighted by molar-refractivity contribution is 6.73. The Kier molecular flexibility index (Phi) is 6.77. The minimum Gasteiger partial charge on any atom is -0.417 e. The van der Waals surface area contributed by atoms with Crippen LogP contribution in [0.1, 0.15) is 33.6 Å². The maximum absolute atomic E-state index is 6.02. The first kappa shape index (κ1) is 12.2. The zero-order valence-electron chi connectivity index (χ0n) is 8.86. The smallest absolute Gasteiger partial charge is 0.191 e. The van der Waals surface area contributed by atoms with E-state index in [9.17, 15) is 0 Å². The van der Waals surface area contributed by atoms with Crippen molar-refractivity contribution in [2.24, 2.45) is 0 Å². The normalized spacial score (nSPS) is 12.0. The molecular formula is C10H23OSi. The van der Waals surface area contributed by atoms with Crippen molar-refractivity contribution in [2.75, 3.05) is 6.61 Å². The van der Waals surface area contributed by atoms with Crippen LogP contribution in [0.3, 0.4) is 0 Å². The molecule has 0 fully saturated rings. The highest BCUT2D eigenvalue weighted by Gasteiger charge is 2.27. The van der Waals surface area contributed by atoms with E-state index in [0.717, 1.165) is 19.4 Å². The van der Waals surface area contributed by atoms with Crippen LogP contribution in [-0.4, -0.2) is 14.9 Å². The Labute approximate surface area is 78.6 Å². The molecule has 0 atom stereocenters. The number of unbranched alkanes of at least 4 members (excludes halogenated alkanes) is 1. The van der Waals surface area contributed by atoms with Crippen molar-refractivity contribution >= 4 is 8.32 Å². The molecule has 1 nitrogen and oxygen atoms in total. The molecule has 0 aliphatic heterocycles. The maximum Gasteiger partial charge on any atom is 0.191 e. The Morgan fingerprint density at radius 2 is 1.58 bits per heavy atom. The van der Waals surface area contributed by atoms with Crippen molar-refractivity contribution in [3.05, 3.63) is 6.92 Å². The van der Waals surface area contributed by atoms with Crippen LogP contribution in [0, 0.1) is 6.92 Å². The molecule has 0 unspecified atom stereocenters. The van der Waals surface area contributed by atoms with Crippen LogP contribution in [0.25, 0.3) is 0 Å². The molecule has 0 saturated heterocycles. The molecule has 1 radical (unpaired) electrons. The second kappa shape index (κ2) is 6.67. The first-order valence-corrected chi connectivity index (χ1v) is 7.70. The number of hydrogen-bond donors (Lipinski definition) is 0. The SMILES string of the molecule is [CH2]CCCO[Si](CC)(CC)CC. The Morgan fingerprint density at radius 3 is 1.92 bits per heavy atom. The second-order valence-corrected chi connectivity index (χ2v) is 8.08. The standard InChI is InChI=1S/C10H23OSi/c1-5-9-10-11-12(6-2,7-3)8-4/h1,5-10H2,2-4H3. The van der Waals surface area contributed by atoms with Gasteiger partial charge in [0.2, 0.25) is 0 Å². The van der Waals surface area contributed by atoms with E-state index < -0.39 is 8.32 Å². The van der Waals surface area contributed by atoms with Crippen molar-refractivity contribution < 1.29 is 4.43 Å². The summed E-state index contributed by atoms with van der Waals surface area (Å²) in [5.74, 6) is 0. The molecule has 0 bridgehead atoms. The Balaban J connectivity index is 3.76. The van der Waals surface area contributed by atoms with Gasteiger partial charge in [-0.1, -0.05) is 34.1 Å². The largest absolute Gasteiger partial charge is 0.417 e. The third-order valence-electron chi connectivity index (χ3n) is 2.74. The summed E-state index contributed by atoms with van der Waals surface area (Å²) in [5, 5.41) is 0. The first-order chi connectivity index (χ1) is 5.74. The average molecular weight is 187 g/mol. The second-order valence-electron chi connectivity index (χ2n) is 3.30. The zero-order chi connectivity index (χ0) is 9.45. The van der Waals surface area contributed by atoms with Gasteiger partial charge in [0, 0.05) is 6.61 Å². The molecule has 0 amide bonds. The molecule has 0 rings (SSSR count). The summed E-state index contributed by atoms with van der Waals surface area (Å²) in [6, 6.07) is 3.78. The third-order valence-corrected chi connectivity index (χ3v) is 7.42. The van der Waals surface area contributed by atoms with Gasteiger partial charge in [0.15, 0.2) is 8.32 Å². The fourth-order valence-corrected chi connectivity index (χ4v) is 4.14. The van der Waals surface area contributed by atoms with Gasteiger partial charge < -0.3 is 4.43 Å². The summed E-state index contributed by atoms with van der Waals surface area (Å²) in [4.78, 5) is 0. The summed E-state index contributed by atoms with van der Waals surface area (Å²) in [6.07, 6.45) is 2.12. The fraction of sp³-hybridized carbons (Fsp3) is 0.900. The van der Waals surface area contributed by atoms with Gasteiger partial charge in [0.1, 0.15) is 0 Å². The van der Waals surface area contributed by atoms with Gasteiger partial charge in [-0.2, -0.15) is 0 Å². The summed E-state index contributed by atoms with van der Waals surface area (Å²) < 4.78 is 6.02. The Hall–Kier alpha value is 0.177. The monoisotopic (exact) mass is 187 g/mol. The Morgan fingerprint density at radius 1 is 1.08 bits per heavy atom. The van der Waals surface area contributed by atoms with Crippen LogP contribution in [0.15, 0.2) is 0 Å². The molecular weight excluding hydrogens is 164 g/mol. The van der Waals surface area contributed by atoms with Crippen LogP contribution in [-0.2, 0) is 4.43 Å². The van der Waals surface area contributed by atoms with Crippen LogP contribution in [0.2, 0.25) is 18.1 Å². The molecule has 0 aliphatic rings. The minimum absolute atomic E-state index is 0.936. The molecule has 2 heteroatoms. The van der Waals surface area contributed by atoms with E-state index in [1.54, 1.807) is 0 Å². The lowest BCUT2D eigenvalue weighted by Crippen LogP contribution is -2.35. The van der Waals surface area contributed by atoms with Gasteiger partial charge in [0.25, 0.3) is 0 Å².